The Bertz CT molecular complexity index is 521. The van der Waals surface area contributed by atoms with E-state index < -0.39 is 45.1 Å². The molecule has 1 heterocycles. The Morgan fingerprint density at radius 1 is 0.806 bits per heavy atom. The summed E-state index contributed by atoms with van der Waals surface area (Å²) < 4.78 is 25.7. The van der Waals surface area contributed by atoms with Crippen molar-refractivity contribution in [1.82, 2.24) is 9.80 Å². The average Bonchev–Trinajstić information content (AvgIpc) is 2.85. The molecule has 1 fully saturated rings. The summed E-state index contributed by atoms with van der Waals surface area (Å²) in [5.74, 6) is 0.218. The van der Waals surface area contributed by atoms with Gasteiger partial charge in [-0.3, -0.25) is 4.52 Å². The Hall–Kier alpha value is -0.170. The summed E-state index contributed by atoms with van der Waals surface area (Å²) in [4.78, 5) is 22.4. The molecule has 1 rings (SSSR count). The number of hydrogen-bond donors (Lipinski definition) is 5. The van der Waals surface area contributed by atoms with Gasteiger partial charge in [0.2, 0.25) is 0 Å². The molecule has 220 valence electrons. The molecule has 12 heteroatoms. The number of aliphatic hydroxyl groups excluding tert-OH is 3. The third kappa shape index (κ3) is 15.9. The van der Waals surface area contributed by atoms with Gasteiger partial charge in [0.15, 0.2) is 6.29 Å². The highest BCUT2D eigenvalue weighted by Crippen LogP contribution is 2.41. The predicted molar refractivity (Wildman–Crippen MR) is 142 cm³/mol. The van der Waals surface area contributed by atoms with Crippen molar-refractivity contribution in [3.63, 3.8) is 0 Å². The first-order chi connectivity index (χ1) is 16.9. The van der Waals surface area contributed by atoms with Gasteiger partial charge in [-0.1, -0.05) is 68.2 Å². The van der Waals surface area contributed by atoms with Gasteiger partial charge in [0.25, 0.3) is 0 Å². The van der Waals surface area contributed by atoms with Gasteiger partial charge in [-0.2, -0.15) is 0 Å². The fourth-order valence-corrected chi connectivity index (χ4v) is 4.03. The predicted octanol–water partition coefficient (Wildman–Crippen LogP) is 2.05. The van der Waals surface area contributed by atoms with Crippen LogP contribution < -0.4 is 0 Å². The van der Waals surface area contributed by atoms with Crippen molar-refractivity contribution in [2.24, 2.45) is 5.92 Å². The van der Waals surface area contributed by atoms with E-state index >= 15 is 0 Å². The zero-order valence-corrected chi connectivity index (χ0v) is 24.6. The van der Waals surface area contributed by atoms with Crippen LogP contribution in [0.3, 0.4) is 0 Å². The zero-order chi connectivity index (χ0) is 28.3. The number of nitrogens with zero attached hydrogens (tertiary/aromatic N) is 2. The minimum absolute atomic E-state index is 0.218. The van der Waals surface area contributed by atoms with Crippen molar-refractivity contribution in [3.8, 4) is 0 Å². The lowest BCUT2D eigenvalue weighted by Crippen LogP contribution is -2.60. The molecule has 0 radical (unpaired) electrons. The summed E-state index contributed by atoms with van der Waals surface area (Å²) >= 11 is 0. The first kappa shape index (κ1) is 38.0. The Morgan fingerprint density at radius 2 is 1.22 bits per heavy atom. The van der Waals surface area contributed by atoms with Crippen LogP contribution >= 0.6 is 7.82 Å². The second-order valence-electron chi connectivity index (χ2n) is 8.52. The summed E-state index contributed by atoms with van der Waals surface area (Å²) in [6, 6.07) is 0. The number of rotatable bonds is 14. The summed E-state index contributed by atoms with van der Waals surface area (Å²) in [5.41, 5.74) is 0. The topological polar surface area (TPSA) is 152 Å². The minimum atomic E-state index is -4.91. The summed E-state index contributed by atoms with van der Waals surface area (Å²) in [6.07, 6.45) is -5.30. The van der Waals surface area contributed by atoms with E-state index in [0.717, 1.165) is 12.8 Å². The Kier molecular flexibility index (Phi) is 22.9. The van der Waals surface area contributed by atoms with Crippen molar-refractivity contribution in [3.05, 3.63) is 0 Å². The van der Waals surface area contributed by atoms with Crippen LogP contribution in [0.4, 0.5) is 0 Å². The van der Waals surface area contributed by atoms with Crippen molar-refractivity contribution in [2.75, 3.05) is 52.5 Å². The van der Waals surface area contributed by atoms with Gasteiger partial charge in [0, 0.05) is 0 Å². The highest BCUT2D eigenvalue weighted by Gasteiger charge is 2.47. The normalized spacial score (nSPS) is 24.4. The molecule has 11 nitrogen and oxygen atoms in total. The molecule has 0 aliphatic carbocycles. The van der Waals surface area contributed by atoms with Crippen molar-refractivity contribution < 1.29 is 43.7 Å². The SMILES string of the molecule is CCC(CC)CO[C@@H]1[C@@H](O)[C@@H](OP(=O)(O)O)O[C@H](CO)[C@H]1O.CCN(CC)CC.CCN(CC)CC. The van der Waals surface area contributed by atoms with Crippen LogP contribution in [0.1, 0.15) is 68.2 Å². The van der Waals surface area contributed by atoms with Gasteiger partial charge in [-0.05, 0) is 45.2 Å². The molecule has 0 amide bonds. The second-order valence-corrected chi connectivity index (χ2v) is 9.71. The van der Waals surface area contributed by atoms with E-state index in [0.29, 0.717) is 0 Å². The van der Waals surface area contributed by atoms with Crippen LogP contribution in [0.25, 0.3) is 0 Å². The Balaban J connectivity index is 0. The fraction of sp³-hybridized carbons (Fsp3) is 1.00. The fourth-order valence-electron chi connectivity index (χ4n) is 3.59. The second kappa shape index (κ2) is 21.7. The lowest BCUT2D eigenvalue weighted by atomic mass is 9.98. The van der Waals surface area contributed by atoms with Crippen LogP contribution in [-0.2, 0) is 18.6 Å². The average molecular weight is 547 g/mol. The first-order valence-corrected chi connectivity index (χ1v) is 14.9. The van der Waals surface area contributed by atoms with Crippen LogP contribution in [0.15, 0.2) is 0 Å². The smallest absolute Gasteiger partial charge is 0.394 e. The maximum Gasteiger partial charge on any atom is 0.472 e. The molecule has 0 bridgehead atoms. The molecular weight excluding hydrogens is 491 g/mol. The molecule has 5 atom stereocenters. The van der Waals surface area contributed by atoms with Crippen molar-refractivity contribution in [2.45, 2.75) is 98.9 Å². The maximum atomic E-state index is 10.9. The molecule has 1 aliphatic rings. The highest BCUT2D eigenvalue weighted by molar-refractivity contribution is 7.46. The maximum absolute atomic E-state index is 10.9. The van der Waals surface area contributed by atoms with E-state index in [1.165, 1.54) is 39.3 Å². The summed E-state index contributed by atoms with van der Waals surface area (Å²) in [5, 5.41) is 29.3. The molecule has 0 unspecified atom stereocenters. The third-order valence-corrected chi connectivity index (χ3v) is 6.91. The molecule has 0 aromatic carbocycles. The summed E-state index contributed by atoms with van der Waals surface area (Å²) in [7, 11) is -4.91. The zero-order valence-electron chi connectivity index (χ0n) is 23.7. The van der Waals surface area contributed by atoms with E-state index in [-0.39, 0.29) is 12.5 Å². The van der Waals surface area contributed by atoms with Crippen molar-refractivity contribution >= 4 is 7.82 Å². The summed E-state index contributed by atoms with van der Waals surface area (Å²) in [6.45, 7) is 23.8. The molecule has 0 spiro atoms. The molecule has 1 saturated heterocycles. The van der Waals surface area contributed by atoms with Gasteiger partial charge < -0.3 is 44.4 Å². The number of phosphoric acid groups is 1. The van der Waals surface area contributed by atoms with Crippen LogP contribution in [0, 0.1) is 5.92 Å². The standard InChI is InChI=1S/C12H25O9P.2C6H15N/c1-3-7(4-2)6-19-11-9(14)8(5-13)20-12(10(11)15)21-22(16,17)18;2*1-4-7(5-2)6-3/h7-15H,3-6H2,1-2H3,(H2,16,17,18);2*4-6H2,1-3H3/t8-,9-,10-,11+,12-;;/m1../s1. The molecule has 1 aliphatic heterocycles. The molecule has 0 aromatic rings. The van der Waals surface area contributed by atoms with Gasteiger partial charge in [0.1, 0.15) is 24.4 Å². The Morgan fingerprint density at radius 3 is 1.50 bits per heavy atom. The lowest BCUT2D eigenvalue weighted by molar-refractivity contribution is -0.290. The molecule has 5 N–H and O–H groups in total. The van der Waals surface area contributed by atoms with E-state index in [4.69, 9.17) is 19.3 Å². The third-order valence-electron chi connectivity index (χ3n) is 6.43. The molecule has 0 saturated carbocycles. The first-order valence-electron chi connectivity index (χ1n) is 13.3. The van der Waals surface area contributed by atoms with Crippen molar-refractivity contribution in [1.29, 1.82) is 0 Å². The monoisotopic (exact) mass is 546 g/mol. The largest absolute Gasteiger partial charge is 0.472 e. The number of phosphoric ester groups is 1. The van der Waals surface area contributed by atoms with Crippen LogP contribution in [0.5, 0.6) is 0 Å². The number of aliphatic hydroxyl groups is 3. The number of ether oxygens (including phenoxy) is 2. The van der Waals surface area contributed by atoms with E-state index in [9.17, 15) is 19.9 Å². The van der Waals surface area contributed by atoms with Gasteiger partial charge >= 0.3 is 7.82 Å². The molecule has 36 heavy (non-hydrogen) atoms. The highest BCUT2D eigenvalue weighted by atomic mass is 31.2. The lowest BCUT2D eigenvalue weighted by Gasteiger charge is -2.41. The van der Waals surface area contributed by atoms with Crippen LogP contribution in [-0.4, -0.2) is 118 Å². The van der Waals surface area contributed by atoms with E-state index in [2.05, 4.69) is 55.9 Å². The molecular formula is C24H55N2O9P. The van der Waals surface area contributed by atoms with Crippen LogP contribution in [0.2, 0.25) is 0 Å². The van der Waals surface area contributed by atoms with Gasteiger partial charge in [-0.15, -0.1) is 0 Å². The van der Waals surface area contributed by atoms with E-state index in [1.807, 2.05) is 13.8 Å². The molecule has 0 aromatic heterocycles. The number of hydrogen-bond acceptors (Lipinski definition) is 9. The van der Waals surface area contributed by atoms with Gasteiger partial charge in [0.05, 0.1) is 13.2 Å². The Labute approximate surface area is 219 Å². The minimum Gasteiger partial charge on any atom is -0.394 e. The quantitative estimate of drug-likeness (QED) is 0.204. The van der Waals surface area contributed by atoms with E-state index in [1.54, 1.807) is 0 Å². The van der Waals surface area contributed by atoms with Gasteiger partial charge in [-0.25, -0.2) is 4.57 Å².